The summed E-state index contributed by atoms with van der Waals surface area (Å²) < 4.78 is 11.4. The molecule has 2 heterocycles. The highest BCUT2D eigenvalue weighted by molar-refractivity contribution is 6.01. The SMILES string of the molecule is COc1ccc(OC)c(-c2[nH]c3ccccc3c2C2C3=C(CCCC3)C(=O)N2C(C)c2ccccc2)c1. The summed E-state index contributed by atoms with van der Waals surface area (Å²) in [7, 11) is 3.37. The zero-order valence-electron chi connectivity index (χ0n) is 21.6. The summed E-state index contributed by atoms with van der Waals surface area (Å²) >= 11 is 0. The maximum absolute atomic E-state index is 14.1. The van der Waals surface area contributed by atoms with Gasteiger partial charge in [0.15, 0.2) is 0 Å². The van der Waals surface area contributed by atoms with E-state index < -0.39 is 0 Å². The van der Waals surface area contributed by atoms with Gasteiger partial charge in [0.2, 0.25) is 0 Å². The number of aromatic amines is 1. The third kappa shape index (κ3) is 3.81. The molecule has 0 fully saturated rings. The van der Waals surface area contributed by atoms with E-state index in [1.807, 2.05) is 42.5 Å². The number of amides is 1. The number of nitrogens with one attached hydrogen (secondary N) is 1. The molecule has 6 rings (SSSR count). The average Bonchev–Trinajstić information content (AvgIpc) is 3.47. The third-order valence-corrected chi connectivity index (χ3v) is 8.01. The van der Waals surface area contributed by atoms with Crippen LogP contribution in [-0.2, 0) is 4.79 Å². The molecule has 1 aliphatic heterocycles. The number of nitrogens with zero attached hydrogens (tertiary/aromatic N) is 1. The fourth-order valence-electron chi connectivity index (χ4n) is 6.19. The van der Waals surface area contributed by atoms with E-state index in [1.54, 1.807) is 14.2 Å². The molecule has 0 saturated heterocycles. The molecule has 4 aromatic rings. The lowest BCUT2D eigenvalue weighted by Gasteiger charge is -2.34. The molecule has 5 heteroatoms. The summed E-state index contributed by atoms with van der Waals surface area (Å²) in [6, 6.07) is 24.4. The smallest absolute Gasteiger partial charge is 0.251 e. The Labute approximate surface area is 217 Å². The number of methoxy groups -OCH3 is 2. The van der Waals surface area contributed by atoms with Gasteiger partial charge >= 0.3 is 0 Å². The van der Waals surface area contributed by atoms with Crippen LogP contribution in [0.2, 0.25) is 0 Å². The number of H-pyrrole nitrogens is 1. The summed E-state index contributed by atoms with van der Waals surface area (Å²) in [6.07, 6.45) is 3.96. The number of carbonyl (C=O) groups is 1. The Morgan fingerprint density at radius 1 is 0.919 bits per heavy atom. The predicted molar refractivity (Wildman–Crippen MR) is 147 cm³/mol. The topological polar surface area (TPSA) is 54.6 Å². The van der Waals surface area contributed by atoms with Crippen molar-refractivity contribution in [3.8, 4) is 22.8 Å². The Kier molecular flexibility index (Phi) is 5.99. The molecule has 1 amide bonds. The van der Waals surface area contributed by atoms with Crippen LogP contribution in [0.1, 0.15) is 55.8 Å². The molecule has 0 spiro atoms. The largest absolute Gasteiger partial charge is 0.497 e. The quantitative estimate of drug-likeness (QED) is 0.306. The number of aromatic nitrogens is 1. The number of ether oxygens (including phenoxy) is 2. The van der Waals surface area contributed by atoms with E-state index in [4.69, 9.17) is 9.47 Å². The summed E-state index contributed by atoms with van der Waals surface area (Å²) in [5.74, 6) is 1.69. The maximum Gasteiger partial charge on any atom is 0.251 e. The molecule has 3 aromatic carbocycles. The van der Waals surface area contributed by atoms with Gasteiger partial charge in [-0.2, -0.15) is 0 Å². The van der Waals surface area contributed by atoms with E-state index >= 15 is 0 Å². The monoisotopic (exact) mass is 492 g/mol. The van der Waals surface area contributed by atoms with Crippen molar-refractivity contribution >= 4 is 16.8 Å². The molecule has 0 radical (unpaired) electrons. The molecular formula is C32H32N2O3. The van der Waals surface area contributed by atoms with Crippen LogP contribution in [0.15, 0.2) is 83.9 Å². The van der Waals surface area contributed by atoms with Crippen LogP contribution in [0.4, 0.5) is 0 Å². The zero-order chi connectivity index (χ0) is 25.5. The van der Waals surface area contributed by atoms with E-state index in [9.17, 15) is 4.79 Å². The number of para-hydroxylation sites is 1. The van der Waals surface area contributed by atoms with Crippen molar-refractivity contribution in [2.75, 3.05) is 14.2 Å². The number of carbonyl (C=O) groups excluding carboxylic acids is 1. The number of hydrogen-bond donors (Lipinski definition) is 1. The highest BCUT2D eigenvalue weighted by atomic mass is 16.5. The predicted octanol–water partition coefficient (Wildman–Crippen LogP) is 7.37. The fourth-order valence-corrected chi connectivity index (χ4v) is 6.19. The van der Waals surface area contributed by atoms with Crippen molar-refractivity contribution in [1.82, 2.24) is 9.88 Å². The van der Waals surface area contributed by atoms with Crippen LogP contribution in [0.25, 0.3) is 22.2 Å². The fraction of sp³-hybridized carbons (Fsp3) is 0.281. The molecule has 5 nitrogen and oxygen atoms in total. The Morgan fingerprint density at radius 3 is 2.46 bits per heavy atom. The van der Waals surface area contributed by atoms with Gasteiger partial charge in [0.05, 0.1) is 32.0 Å². The van der Waals surface area contributed by atoms with Gasteiger partial charge in [-0.3, -0.25) is 4.79 Å². The first-order valence-corrected chi connectivity index (χ1v) is 13.0. The molecule has 188 valence electrons. The third-order valence-electron chi connectivity index (χ3n) is 8.01. The minimum atomic E-state index is -0.153. The highest BCUT2D eigenvalue weighted by Crippen LogP contribution is 2.52. The van der Waals surface area contributed by atoms with E-state index in [0.717, 1.165) is 76.0 Å². The van der Waals surface area contributed by atoms with Crippen molar-refractivity contribution < 1.29 is 14.3 Å². The first kappa shape index (κ1) is 23.4. The van der Waals surface area contributed by atoms with E-state index in [0.29, 0.717) is 0 Å². The minimum Gasteiger partial charge on any atom is -0.497 e. The Bertz CT molecular complexity index is 1500. The van der Waals surface area contributed by atoms with Gasteiger partial charge in [0, 0.05) is 27.6 Å². The summed E-state index contributed by atoms with van der Waals surface area (Å²) in [5, 5.41) is 1.13. The molecule has 2 aliphatic rings. The molecule has 0 bridgehead atoms. The van der Waals surface area contributed by atoms with Gasteiger partial charge in [0.25, 0.3) is 5.91 Å². The number of rotatable bonds is 6. The number of fused-ring (bicyclic) bond motifs is 1. The standard InChI is InChI=1S/C32H32N2O3/c1-20(21-11-5-4-6-12-21)34-31(23-13-7-8-14-24(23)32(34)35)29-25-15-9-10-16-27(25)33-30(29)26-19-22(36-2)17-18-28(26)37-3/h4-6,9-12,15-20,31,33H,7-8,13-14H2,1-3H3. The molecule has 1 N–H and O–H groups in total. The van der Waals surface area contributed by atoms with Crippen LogP contribution >= 0.6 is 0 Å². The second kappa shape index (κ2) is 9.47. The molecular weight excluding hydrogens is 460 g/mol. The van der Waals surface area contributed by atoms with E-state index in [2.05, 4.69) is 47.1 Å². The van der Waals surface area contributed by atoms with Crippen molar-refractivity contribution in [3.63, 3.8) is 0 Å². The van der Waals surface area contributed by atoms with Crippen LogP contribution < -0.4 is 9.47 Å². The van der Waals surface area contributed by atoms with Crippen LogP contribution in [-0.4, -0.2) is 30.0 Å². The molecule has 2 unspecified atom stereocenters. The van der Waals surface area contributed by atoms with Gasteiger partial charge in [0.1, 0.15) is 11.5 Å². The number of hydrogen-bond acceptors (Lipinski definition) is 3. The van der Waals surface area contributed by atoms with E-state index in [1.165, 1.54) is 5.57 Å². The van der Waals surface area contributed by atoms with Crippen molar-refractivity contribution in [1.29, 1.82) is 0 Å². The van der Waals surface area contributed by atoms with Crippen LogP contribution in [0.3, 0.4) is 0 Å². The second-order valence-corrected chi connectivity index (χ2v) is 9.94. The molecule has 2 atom stereocenters. The van der Waals surface area contributed by atoms with E-state index in [-0.39, 0.29) is 18.0 Å². The Balaban J connectivity index is 1.62. The highest BCUT2D eigenvalue weighted by Gasteiger charge is 2.45. The lowest BCUT2D eigenvalue weighted by atomic mass is 9.85. The second-order valence-electron chi connectivity index (χ2n) is 9.94. The number of benzene rings is 3. The summed E-state index contributed by atoms with van der Waals surface area (Å²) in [6.45, 7) is 2.15. The van der Waals surface area contributed by atoms with Gasteiger partial charge < -0.3 is 19.4 Å². The van der Waals surface area contributed by atoms with Gasteiger partial charge in [-0.1, -0.05) is 48.5 Å². The first-order chi connectivity index (χ1) is 18.1. The Hall–Kier alpha value is -3.99. The minimum absolute atomic E-state index is 0.0713. The lowest BCUT2D eigenvalue weighted by Crippen LogP contribution is -2.33. The normalized spacial score (nSPS) is 18.3. The first-order valence-electron chi connectivity index (χ1n) is 13.0. The summed E-state index contributed by atoms with van der Waals surface area (Å²) in [5.41, 5.74) is 7.49. The average molecular weight is 493 g/mol. The molecule has 1 aromatic heterocycles. The Morgan fingerprint density at radius 2 is 1.68 bits per heavy atom. The summed E-state index contributed by atoms with van der Waals surface area (Å²) in [4.78, 5) is 19.9. The van der Waals surface area contributed by atoms with Gasteiger partial charge in [-0.25, -0.2) is 0 Å². The van der Waals surface area contributed by atoms with Gasteiger partial charge in [-0.15, -0.1) is 0 Å². The van der Waals surface area contributed by atoms with Crippen molar-refractivity contribution in [2.45, 2.75) is 44.7 Å². The molecule has 1 aliphatic carbocycles. The van der Waals surface area contributed by atoms with Gasteiger partial charge in [-0.05, 0) is 68.0 Å². The van der Waals surface area contributed by atoms with Crippen LogP contribution in [0.5, 0.6) is 11.5 Å². The van der Waals surface area contributed by atoms with Crippen molar-refractivity contribution in [3.05, 3.63) is 95.1 Å². The van der Waals surface area contributed by atoms with Crippen molar-refractivity contribution in [2.24, 2.45) is 0 Å². The molecule has 37 heavy (non-hydrogen) atoms. The molecule has 0 saturated carbocycles. The zero-order valence-corrected chi connectivity index (χ0v) is 21.6. The van der Waals surface area contributed by atoms with Crippen LogP contribution in [0, 0.1) is 0 Å². The lowest BCUT2D eigenvalue weighted by molar-refractivity contribution is -0.129. The maximum atomic E-state index is 14.1.